The summed E-state index contributed by atoms with van der Waals surface area (Å²) in [6, 6.07) is 4.74. The van der Waals surface area contributed by atoms with Crippen LogP contribution in [0, 0.1) is 11.7 Å². The van der Waals surface area contributed by atoms with Crippen LogP contribution in [-0.4, -0.2) is 19.8 Å². The van der Waals surface area contributed by atoms with Crippen molar-refractivity contribution in [3.8, 4) is 0 Å². The van der Waals surface area contributed by atoms with Gasteiger partial charge in [0.25, 0.3) is 0 Å². The maximum atomic E-state index is 13.4. The molecule has 0 fully saturated rings. The van der Waals surface area contributed by atoms with Crippen LogP contribution in [0.15, 0.2) is 18.2 Å². The summed E-state index contributed by atoms with van der Waals surface area (Å²) < 4.78 is 18.9. The lowest BCUT2D eigenvalue weighted by Gasteiger charge is -2.09. The SMILES string of the molecule is CC(C)COCCCNCc1c(F)cccc1Cl. The molecule has 0 radical (unpaired) electrons. The van der Waals surface area contributed by atoms with E-state index >= 15 is 0 Å². The number of hydrogen-bond acceptors (Lipinski definition) is 2. The molecule has 1 rings (SSSR count). The Morgan fingerprint density at radius 3 is 2.83 bits per heavy atom. The van der Waals surface area contributed by atoms with Gasteiger partial charge in [0, 0.05) is 30.3 Å². The van der Waals surface area contributed by atoms with E-state index in [0.717, 1.165) is 26.2 Å². The molecule has 0 aliphatic carbocycles. The second-order valence-corrected chi connectivity index (χ2v) is 5.11. The fraction of sp³-hybridized carbons (Fsp3) is 0.571. The second-order valence-electron chi connectivity index (χ2n) is 4.70. The predicted octanol–water partition coefficient (Wildman–Crippen LogP) is 3.63. The van der Waals surface area contributed by atoms with Gasteiger partial charge in [-0.25, -0.2) is 4.39 Å². The summed E-state index contributed by atoms with van der Waals surface area (Å²) in [5, 5.41) is 3.64. The minimum atomic E-state index is -0.258. The molecule has 0 saturated heterocycles. The van der Waals surface area contributed by atoms with Crippen LogP contribution >= 0.6 is 11.6 Å². The van der Waals surface area contributed by atoms with E-state index in [9.17, 15) is 4.39 Å². The van der Waals surface area contributed by atoms with Crippen molar-refractivity contribution in [3.05, 3.63) is 34.6 Å². The van der Waals surface area contributed by atoms with E-state index in [4.69, 9.17) is 16.3 Å². The third-order valence-corrected chi connectivity index (χ3v) is 2.81. The van der Waals surface area contributed by atoms with Crippen LogP contribution in [0.25, 0.3) is 0 Å². The van der Waals surface area contributed by atoms with Crippen molar-refractivity contribution in [3.63, 3.8) is 0 Å². The van der Waals surface area contributed by atoms with E-state index in [0.29, 0.717) is 23.0 Å². The molecule has 0 aliphatic heterocycles. The van der Waals surface area contributed by atoms with E-state index in [1.807, 2.05) is 0 Å². The highest BCUT2D eigenvalue weighted by molar-refractivity contribution is 6.31. The normalized spacial score (nSPS) is 11.2. The quantitative estimate of drug-likeness (QED) is 0.731. The Bertz CT molecular complexity index is 337. The van der Waals surface area contributed by atoms with E-state index in [1.54, 1.807) is 12.1 Å². The molecule has 1 aromatic rings. The highest BCUT2D eigenvalue weighted by Crippen LogP contribution is 2.18. The zero-order valence-corrected chi connectivity index (χ0v) is 11.8. The van der Waals surface area contributed by atoms with E-state index in [-0.39, 0.29) is 5.82 Å². The molecular formula is C14H21ClFNO. The molecule has 2 nitrogen and oxygen atoms in total. The first-order chi connectivity index (χ1) is 8.61. The van der Waals surface area contributed by atoms with Gasteiger partial charge in [0.15, 0.2) is 0 Å². The number of rotatable bonds is 8. The van der Waals surface area contributed by atoms with Crippen molar-refractivity contribution in [1.29, 1.82) is 0 Å². The molecule has 0 aliphatic rings. The van der Waals surface area contributed by atoms with Gasteiger partial charge in [-0.15, -0.1) is 0 Å². The first-order valence-corrected chi connectivity index (χ1v) is 6.70. The monoisotopic (exact) mass is 273 g/mol. The zero-order chi connectivity index (χ0) is 13.4. The molecule has 4 heteroatoms. The summed E-state index contributed by atoms with van der Waals surface area (Å²) in [5.74, 6) is 0.307. The van der Waals surface area contributed by atoms with Crippen LogP contribution in [0.3, 0.4) is 0 Å². The van der Waals surface area contributed by atoms with Gasteiger partial charge in [-0.2, -0.15) is 0 Å². The molecule has 0 bridgehead atoms. The fourth-order valence-electron chi connectivity index (χ4n) is 1.53. The zero-order valence-electron chi connectivity index (χ0n) is 11.0. The summed E-state index contributed by atoms with van der Waals surface area (Å²) in [5.41, 5.74) is 0.530. The van der Waals surface area contributed by atoms with Crippen LogP contribution in [0.1, 0.15) is 25.8 Å². The third kappa shape index (κ3) is 5.80. The minimum absolute atomic E-state index is 0.258. The lowest BCUT2D eigenvalue weighted by molar-refractivity contribution is 0.108. The Kier molecular flexibility index (Phi) is 7.25. The van der Waals surface area contributed by atoms with Gasteiger partial charge in [0.05, 0.1) is 0 Å². The molecule has 18 heavy (non-hydrogen) atoms. The van der Waals surface area contributed by atoms with Crippen molar-refractivity contribution in [2.75, 3.05) is 19.8 Å². The Hall–Kier alpha value is -0.640. The Balaban J connectivity index is 2.14. The van der Waals surface area contributed by atoms with Crippen molar-refractivity contribution < 1.29 is 9.13 Å². The fourth-order valence-corrected chi connectivity index (χ4v) is 1.76. The molecule has 0 aromatic heterocycles. The summed E-state index contributed by atoms with van der Waals surface area (Å²) >= 11 is 5.92. The van der Waals surface area contributed by atoms with E-state index in [2.05, 4.69) is 19.2 Å². The minimum Gasteiger partial charge on any atom is -0.381 e. The molecule has 0 atom stereocenters. The van der Waals surface area contributed by atoms with Gasteiger partial charge < -0.3 is 10.1 Å². The summed E-state index contributed by atoms with van der Waals surface area (Å²) in [7, 11) is 0. The molecule has 0 unspecified atom stereocenters. The average molecular weight is 274 g/mol. The van der Waals surface area contributed by atoms with Gasteiger partial charge in [-0.3, -0.25) is 0 Å². The maximum absolute atomic E-state index is 13.4. The molecule has 102 valence electrons. The Labute approximate surface area is 113 Å². The highest BCUT2D eigenvalue weighted by atomic mass is 35.5. The first kappa shape index (κ1) is 15.4. The van der Waals surface area contributed by atoms with Crippen LogP contribution in [0.2, 0.25) is 5.02 Å². The van der Waals surface area contributed by atoms with Gasteiger partial charge in [-0.05, 0) is 31.0 Å². The lowest BCUT2D eigenvalue weighted by atomic mass is 10.2. The molecule has 0 amide bonds. The van der Waals surface area contributed by atoms with Crippen LogP contribution < -0.4 is 5.32 Å². The molecule has 1 N–H and O–H groups in total. The highest BCUT2D eigenvalue weighted by Gasteiger charge is 2.05. The smallest absolute Gasteiger partial charge is 0.129 e. The van der Waals surface area contributed by atoms with Crippen molar-refractivity contribution in [2.45, 2.75) is 26.8 Å². The van der Waals surface area contributed by atoms with E-state index in [1.165, 1.54) is 6.07 Å². The third-order valence-electron chi connectivity index (χ3n) is 2.46. The van der Waals surface area contributed by atoms with Crippen LogP contribution in [0.4, 0.5) is 4.39 Å². The van der Waals surface area contributed by atoms with E-state index < -0.39 is 0 Å². The van der Waals surface area contributed by atoms with Crippen molar-refractivity contribution in [1.82, 2.24) is 5.32 Å². The Morgan fingerprint density at radius 2 is 2.17 bits per heavy atom. The molecule has 1 aromatic carbocycles. The summed E-state index contributed by atoms with van der Waals surface area (Å²) in [6.07, 6.45) is 0.915. The average Bonchev–Trinajstić information content (AvgIpc) is 2.30. The maximum Gasteiger partial charge on any atom is 0.129 e. The summed E-state index contributed by atoms with van der Waals surface area (Å²) in [4.78, 5) is 0. The van der Waals surface area contributed by atoms with Gasteiger partial charge >= 0.3 is 0 Å². The van der Waals surface area contributed by atoms with Gasteiger partial charge in [-0.1, -0.05) is 31.5 Å². The van der Waals surface area contributed by atoms with Gasteiger partial charge in [0.2, 0.25) is 0 Å². The standard InChI is InChI=1S/C14H21ClFNO/c1-11(2)10-18-8-4-7-17-9-12-13(15)5-3-6-14(12)16/h3,5-6,11,17H,4,7-10H2,1-2H3. The summed E-state index contributed by atoms with van der Waals surface area (Å²) in [6.45, 7) is 7.02. The van der Waals surface area contributed by atoms with Crippen molar-refractivity contribution >= 4 is 11.6 Å². The second kappa shape index (κ2) is 8.46. The largest absolute Gasteiger partial charge is 0.381 e. The van der Waals surface area contributed by atoms with Crippen LogP contribution in [-0.2, 0) is 11.3 Å². The van der Waals surface area contributed by atoms with Gasteiger partial charge in [0.1, 0.15) is 5.82 Å². The topological polar surface area (TPSA) is 21.3 Å². The Morgan fingerprint density at radius 1 is 1.39 bits per heavy atom. The number of hydrogen-bond donors (Lipinski definition) is 1. The predicted molar refractivity (Wildman–Crippen MR) is 73.4 cm³/mol. The van der Waals surface area contributed by atoms with Crippen molar-refractivity contribution in [2.24, 2.45) is 5.92 Å². The molecule has 0 spiro atoms. The molecule has 0 saturated carbocycles. The molecule has 0 heterocycles. The lowest BCUT2D eigenvalue weighted by Crippen LogP contribution is -2.18. The number of ether oxygens (including phenoxy) is 1. The van der Waals surface area contributed by atoms with Crippen LogP contribution in [0.5, 0.6) is 0 Å². The number of benzene rings is 1. The first-order valence-electron chi connectivity index (χ1n) is 6.32. The number of halogens is 2. The number of nitrogens with one attached hydrogen (secondary N) is 1. The molecular weight excluding hydrogens is 253 g/mol.